The van der Waals surface area contributed by atoms with Gasteiger partial charge in [0.05, 0.1) is 11.7 Å². The summed E-state index contributed by atoms with van der Waals surface area (Å²) in [5.41, 5.74) is 2.66. The zero-order valence-electron chi connectivity index (χ0n) is 12.0. The van der Waals surface area contributed by atoms with Gasteiger partial charge in [-0.1, -0.05) is 20.8 Å². The summed E-state index contributed by atoms with van der Waals surface area (Å²) in [6.07, 6.45) is 3.33. The smallest absolute Gasteiger partial charge is 0.203 e. The van der Waals surface area contributed by atoms with E-state index in [0.717, 1.165) is 18.9 Å². The zero-order chi connectivity index (χ0) is 13.6. The molecule has 1 atom stereocenters. The van der Waals surface area contributed by atoms with Crippen LogP contribution in [0, 0.1) is 6.92 Å². The maximum Gasteiger partial charge on any atom is 0.203 e. The molecule has 102 valence electrons. The molecule has 0 aromatic carbocycles. The lowest BCUT2D eigenvalue weighted by Crippen LogP contribution is -2.21. The summed E-state index contributed by atoms with van der Waals surface area (Å²) in [7, 11) is 0. The topological polar surface area (TPSA) is 29.9 Å². The molecule has 1 aliphatic heterocycles. The van der Waals surface area contributed by atoms with Crippen molar-refractivity contribution in [3.05, 3.63) is 33.8 Å². The van der Waals surface area contributed by atoms with Crippen LogP contribution in [0.2, 0.25) is 0 Å². The minimum absolute atomic E-state index is 0.111. The molecule has 4 heteroatoms. The van der Waals surface area contributed by atoms with Crippen molar-refractivity contribution in [3.8, 4) is 0 Å². The molecule has 1 unspecified atom stereocenters. The number of nitrogens with zero attached hydrogens (tertiary/aromatic N) is 2. The number of hydrogen-bond acceptors (Lipinski definition) is 3. The van der Waals surface area contributed by atoms with Crippen LogP contribution in [0.5, 0.6) is 0 Å². The summed E-state index contributed by atoms with van der Waals surface area (Å²) >= 11 is 1.84. The van der Waals surface area contributed by atoms with Crippen LogP contribution in [0.15, 0.2) is 17.6 Å². The summed E-state index contributed by atoms with van der Waals surface area (Å²) in [4.78, 5) is 6.22. The average molecular weight is 275 g/mol. The second-order valence-corrected chi connectivity index (χ2v) is 7.29. The van der Waals surface area contributed by atoms with Crippen molar-refractivity contribution in [2.75, 3.05) is 5.32 Å². The maximum atomic E-state index is 4.77. The predicted molar refractivity (Wildman–Crippen MR) is 81.0 cm³/mol. The van der Waals surface area contributed by atoms with E-state index in [1.165, 1.54) is 16.1 Å². The Labute approximate surface area is 118 Å². The van der Waals surface area contributed by atoms with E-state index in [1.807, 2.05) is 11.3 Å². The van der Waals surface area contributed by atoms with Crippen molar-refractivity contribution < 1.29 is 0 Å². The monoisotopic (exact) mass is 275 g/mol. The molecule has 0 fully saturated rings. The van der Waals surface area contributed by atoms with Crippen LogP contribution in [0.4, 0.5) is 5.95 Å². The molecule has 0 aliphatic carbocycles. The number of hydrogen-bond donors (Lipinski definition) is 1. The summed E-state index contributed by atoms with van der Waals surface area (Å²) in [5.74, 6) is 1.02. The van der Waals surface area contributed by atoms with Crippen molar-refractivity contribution in [3.63, 3.8) is 0 Å². The van der Waals surface area contributed by atoms with Gasteiger partial charge in [0.1, 0.15) is 0 Å². The van der Waals surface area contributed by atoms with Gasteiger partial charge in [-0.3, -0.25) is 0 Å². The van der Waals surface area contributed by atoms with Crippen LogP contribution in [0.1, 0.15) is 49.4 Å². The molecule has 0 radical (unpaired) electrons. The summed E-state index contributed by atoms with van der Waals surface area (Å²) in [5, 5.41) is 5.77. The Morgan fingerprint density at radius 2 is 2.21 bits per heavy atom. The fraction of sp³-hybridized carbons (Fsp3) is 0.533. The van der Waals surface area contributed by atoms with E-state index in [0.29, 0.717) is 6.04 Å². The fourth-order valence-corrected chi connectivity index (χ4v) is 3.51. The molecular formula is C15H21N3S. The van der Waals surface area contributed by atoms with Crippen LogP contribution in [-0.4, -0.2) is 9.55 Å². The highest BCUT2D eigenvalue weighted by Crippen LogP contribution is 2.34. The van der Waals surface area contributed by atoms with E-state index < -0.39 is 0 Å². The lowest BCUT2D eigenvalue weighted by atomic mass is 9.93. The molecule has 0 amide bonds. The first-order valence-electron chi connectivity index (χ1n) is 6.83. The SMILES string of the molecule is Cc1ccsc1C1CCn2cc(C(C)(C)C)nc2N1. The van der Waals surface area contributed by atoms with Crippen LogP contribution >= 0.6 is 11.3 Å². The average Bonchev–Trinajstić information content (AvgIpc) is 2.92. The van der Waals surface area contributed by atoms with Crippen LogP contribution in [0.3, 0.4) is 0 Å². The highest BCUT2D eigenvalue weighted by atomic mass is 32.1. The number of fused-ring (bicyclic) bond motifs is 1. The minimum Gasteiger partial charge on any atom is -0.348 e. The van der Waals surface area contributed by atoms with Crippen molar-refractivity contribution in [1.29, 1.82) is 0 Å². The molecule has 0 bridgehead atoms. The van der Waals surface area contributed by atoms with Crippen molar-refractivity contribution in [2.24, 2.45) is 0 Å². The number of imidazole rings is 1. The van der Waals surface area contributed by atoms with Gasteiger partial charge in [-0.15, -0.1) is 11.3 Å². The number of nitrogens with one attached hydrogen (secondary N) is 1. The molecule has 1 aliphatic rings. The van der Waals surface area contributed by atoms with Crippen molar-refractivity contribution in [2.45, 2.75) is 52.1 Å². The van der Waals surface area contributed by atoms with Gasteiger partial charge in [-0.25, -0.2) is 4.98 Å². The summed E-state index contributed by atoms with van der Waals surface area (Å²) in [6, 6.07) is 2.62. The first kappa shape index (κ1) is 12.7. The van der Waals surface area contributed by atoms with E-state index >= 15 is 0 Å². The lowest BCUT2D eigenvalue weighted by Gasteiger charge is -2.25. The summed E-state index contributed by atoms with van der Waals surface area (Å²) < 4.78 is 2.25. The molecule has 2 aromatic heterocycles. The van der Waals surface area contributed by atoms with E-state index in [-0.39, 0.29) is 5.41 Å². The van der Waals surface area contributed by atoms with Crippen LogP contribution in [-0.2, 0) is 12.0 Å². The molecule has 3 heterocycles. The zero-order valence-corrected chi connectivity index (χ0v) is 12.8. The second-order valence-electron chi connectivity index (χ2n) is 6.35. The third-order valence-corrected chi connectivity index (χ3v) is 4.86. The molecule has 3 nitrogen and oxygen atoms in total. The first-order valence-corrected chi connectivity index (χ1v) is 7.71. The Hall–Kier alpha value is -1.29. The highest BCUT2D eigenvalue weighted by molar-refractivity contribution is 7.10. The first-order chi connectivity index (χ1) is 8.95. The van der Waals surface area contributed by atoms with Crippen molar-refractivity contribution >= 4 is 17.3 Å². The molecular weight excluding hydrogens is 254 g/mol. The lowest BCUT2D eigenvalue weighted by molar-refractivity contribution is 0.544. The Morgan fingerprint density at radius 3 is 2.84 bits per heavy atom. The largest absolute Gasteiger partial charge is 0.348 e. The second kappa shape index (κ2) is 4.37. The predicted octanol–water partition coefficient (Wildman–Crippen LogP) is 4.11. The van der Waals surface area contributed by atoms with Crippen LogP contribution in [0.25, 0.3) is 0 Å². The number of aryl methyl sites for hydroxylation is 2. The molecule has 19 heavy (non-hydrogen) atoms. The third kappa shape index (κ3) is 2.29. The van der Waals surface area contributed by atoms with Crippen molar-refractivity contribution in [1.82, 2.24) is 9.55 Å². The summed E-state index contributed by atoms with van der Waals surface area (Å²) in [6.45, 7) is 9.87. The standard InChI is InChI=1S/C15H21N3S/c1-10-6-8-19-13(10)11-5-7-18-9-12(15(2,3)4)17-14(18)16-11/h6,8-9,11H,5,7H2,1-4H3,(H,16,17). The quantitative estimate of drug-likeness (QED) is 0.849. The molecule has 0 saturated carbocycles. The van der Waals surface area contributed by atoms with E-state index in [1.54, 1.807) is 0 Å². The fourth-order valence-electron chi connectivity index (χ4n) is 2.50. The van der Waals surface area contributed by atoms with Gasteiger partial charge >= 0.3 is 0 Å². The molecule has 2 aromatic rings. The molecule has 1 N–H and O–H groups in total. The number of rotatable bonds is 1. The number of aromatic nitrogens is 2. The Kier molecular flexibility index (Phi) is 2.93. The molecule has 0 spiro atoms. The minimum atomic E-state index is 0.111. The number of thiophene rings is 1. The van der Waals surface area contributed by atoms with Gasteiger partial charge in [0.15, 0.2) is 0 Å². The van der Waals surface area contributed by atoms with E-state index in [9.17, 15) is 0 Å². The van der Waals surface area contributed by atoms with E-state index in [4.69, 9.17) is 4.98 Å². The maximum absolute atomic E-state index is 4.77. The normalized spacial score (nSPS) is 19.1. The Balaban J connectivity index is 1.88. The van der Waals surface area contributed by atoms with Gasteiger partial charge in [-0.2, -0.15) is 0 Å². The third-order valence-electron chi connectivity index (χ3n) is 3.73. The Morgan fingerprint density at radius 1 is 1.42 bits per heavy atom. The van der Waals surface area contributed by atoms with E-state index in [2.05, 4.69) is 55.2 Å². The number of anilines is 1. The highest BCUT2D eigenvalue weighted by Gasteiger charge is 2.26. The van der Waals surface area contributed by atoms with Gasteiger partial charge in [0, 0.05) is 23.0 Å². The molecule has 0 saturated heterocycles. The van der Waals surface area contributed by atoms with Gasteiger partial charge in [-0.05, 0) is 30.4 Å². The Bertz CT molecular complexity index is 589. The van der Waals surface area contributed by atoms with Gasteiger partial charge in [0.2, 0.25) is 5.95 Å². The van der Waals surface area contributed by atoms with Crippen LogP contribution < -0.4 is 5.32 Å². The molecule has 3 rings (SSSR count). The van der Waals surface area contributed by atoms with Gasteiger partial charge in [0.25, 0.3) is 0 Å². The van der Waals surface area contributed by atoms with Gasteiger partial charge < -0.3 is 9.88 Å².